The van der Waals surface area contributed by atoms with Crippen molar-refractivity contribution in [3.05, 3.63) is 177 Å². The third-order valence-corrected chi connectivity index (χ3v) is 11.1. The van der Waals surface area contributed by atoms with Crippen LogP contribution in [-0.4, -0.2) is 27.8 Å². The summed E-state index contributed by atoms with van der Waals surface area (Å²) in [6, 6.07) is 33.0. The first-order valence-electron chi connectivity index (χ1n) is 15.9. The summed E-state index contributed by atoms with van der Waals surface area (Å²) in [5.41, 5.74) is 11.1. The Bertz CT molecular complexity index is 2120. The summed E-state index contributed by atoms with van der Waals surface area (Å²) in [5, 5.41) is 7.33. The number of benzene rings is 3. The summed E-state index contributed by atoms with van der Waals surface area (Å²) in [5.74, 6) is 0.931. The second-order valence-electron chi connectivity index (χ2n) is 12.1. The van der Waals surface area contributed by atoms with Crippen molar-refractivity contribution in [3.63, 3.8) is 0 Å². The van der Waals surface area contributed by atoms with Crippen LogP contribution in [0.25, 0.3) is 28.2 Å². The summed E-state index contributed by atoms with van der Waals surface area (Å²) in [7, 11) is 0. The van der Waals surface area contributed by atoms with E-state index < -0.39 is 27.0 Å². The molecule has 0 radical (unpaired) electrons. The van der Waals surface area contributed by atoms with Gasteiger partial charge in [-0.2, -0.15) is 0 Å². The molecule has 48 heavy (non-hydrogen) atoms. The van der Waals surface area contributed by atoms with Crippen molar-refractivity contribution in [3.8, 4) is 22.6 Å². The monoisotopic (exact) mass is 739 g/mol. The van der Waals surface area contributed by atoms with Gasteiger partial charge < -0.3 is 4.42 Å². The zero-order valence-electron chi connectivity index (χ0n) is 26.3. The third kappa shape index (κ3) is 5.23. The van der Waals surface area contributed by atoms with Crippen LogP contribution in [0.3, 0.4) is 0 Å². The van der Waals surface area contributed by atoms with E-state index >= 15 is 0 Å². The van der Waals surface area contributed by atoms with Crippen molar-refractivity contribution in [1.82, 2.24) is 15.0 Å². The Balaban J connectivity index is 1.34. The van der Waals surface area contributed by atoms with Crippen LogP contribution in [0.1, 0.15) is 40.7 Å². The molecule has 0 amide bonds. The van der Waals surface area contributed by atoms with E-state index in [4.69, 9.17) is 12.9 Å². The zero-order valence-corrected chi connectivity index (χ0v) is 28.4. The number of rotatable bonds is 9. The Hall–Kier alpha value is -4.99. The summed E-state index contributed by atoms with van der Waals surface area (Å²) in [6.07, 6.45) is 17.1. The number of pyridine rings is 2. The van der Waals surface area contributed by atoms with Gasteiger partial charge in [0.1, 0.15) is 6.26 Å². The first-order chi connectivity index (χ1) is 23.7. The molecule has 0 aliphatic heterocycles. The van der Waals surface area contributed by atoms with Gasteiger partial charge in [-0.1, -0.05) is 0 Å². The molecule has 2 aliphatic rings. The molecule has 0 fully saturated rings. The predicted octanol–water partition coefficient (Wildman–Crippen LogP) is 5.73. The van der Waals surface area contributed by atoms with Crippen molar-refractivity contribution >= 4 is 11.8 Å². The molecule has 0 spiro atoms. The number of allylic oxidation sites excluding steroid dienone is 4. The van der Waals surface area contributed by atoms with Crippen molar-refractivity contribution in [2.24, 2.45) is 5.92 Å². The maximum atomic E-state index is 7.33. The SMILES string of the molecule is CC1C=C2C(=CC1c1cncc([I-]OCC=N)c1)C(c1ccccc1)(c1ccccc1)c1cc(-c3cncc(-c4ncco4)c3)ccc12. The number of aromatic nitrogens is 3. The molecule has 2 unspecified atom stereocenters. The van der Waals surface area contributed by atoms with Gasteiger partial charge in [0, 0.05) is 6.20 Å². The average Bonchev–Trinajstić information content (AvgIpc) is 3.78. The molecule has 3 heterocycles. The van der Waals surface area contributed by atoms with Gasteiger partial charge in [0.15, 0.2) is 0 Å². The van der Waals surface area contributed by atoms with Crippen LogP contribution in [0.15, 0.2) is 150 Å². The van der Waals surface area contributed by atoms with Gasteiger partial charge in [-0.05, 0) is 0 Å². The van der Waals surface area contributed by atoms with E-state index in [0.29, 0.717) is 12.5 Å². The average molecular weight is 740 g/mol. The molecular formula is C41H32IN4O2-. The van der Waals surface area contributed by atoms with Crippen LogP contribution in [0.2, 0.25) is 0 Å². The van der Waals surface area contributed by atoms with Crippen LogP contribution >= 0.6 is 0 Å². The first kappa shape index (κ1) is 30.4. The summed E-state index contributed by atoms with van der Waals surface area (Å²) in [4.78, 5) is 13.6. The van der Waals surface area contributed by atoms with Gasteiger partial charge in [-0.3, -0.25) is 4.98 Å². The van der Waals surface area contributed by atoms with E-state index in [9.17, 15) is 0 Å². The normalized spacial score (nSPS) is 17.7. The zero-order chi connectivity index (χ0) is 32.5. The van der Waals surface area contributed by atoms with Gasteiger partial charge in [0.2, 0.25) is 5.89 Å². The summed E-state index contributed by atoms with van der Waals surface area (Å²) >= 11 is -0.682. The molecule has 236 valence electrons. The number of hydrogen-bond donors (Lipinski definition) is 1. The number of nitrogens with zero attached hydrogens (tertiary/aromatic N) is 3. The van der Waals surface area contributed by atoms with Crippen molar-refractivity contribution in [2.75, 3.05) is 6.61 Å². The van der Waals surface area contributed by atoms with Crippen molar-refractivity contribution < 1.29 is 29.1 Å². The second kappa shape index (κ2) is 12.9. The third-order valence-electron chi connectivity index (χ3n) is 9.32. The molecule has 3 aromatic heterocycles. The van der Waals surface area contributed by atoms with E-state index in [0.717, 1.165) is 20.3 Å². The van der Waals surface area contributed by atoms with Gasteiger partial charge >= 0.3 is 247 Å². The fourth-order valence-corrected chi connectivity index (χ4v) is 8.76. The predicted molar refractivity (Wildman–Crippen MR) is 184 cm³/mol. The van der Waals surface area contributed by atoms with E-state index in [1.807, 2.05) is 18.6 Å². The number of nitrogens with one attached hydrogen (secondary N) is 1. The minimum absolute atomic E-state index is 0.130. The molecule has 0 bridgehead atoms. The molecule has 2 aliphatic carbocycles. The Labute approximate surface area is 290 Å². The summed E-state index contributed by atoms with van der Waals surface area (Å²) < 4.78 is 12.5. The molecule has 2 atom stereocenters. The van der Waals surface area contributed by atoms with E-state index in [-0.39, 0.29) is 11.8 Å². The van der Waals surface area contributed by atoms with Gasteiger partial charge in [-0.25, -0.2) is 4.98 Å². The number of oxazole rings is 1. The number of halogens is 1. The Morgan fingerprint density at radius 2 is 1.58 bits per heavy atom. The number of fused-ring (bicyclic) bond motifs is 3. The molecule has 0 saturated carbocycles. The Morgan fingerprint density at radius 3 is 2.31 bits per heavy atom. The fourth-order valence-electron chi connectivity index (χ4n) is 7.28. The van der Waals surface area contributed by atoms with Crippen LogP contribution in [0, 0.1) is 14.9 Å². The van der Waals surface area contributed by atoms with Crippen LogP contribution in [-0.2, 0) is 8.48 Å². The van der Waals surface area contributed by atoms with Gasteiger partial charge in [0.25, 0.3) is 0 Å². The summed E-state index contributed by atoms with van der Waals surface area (Å²) in [6.45, 7) is 2.64. The maximum absolute atomic E-state index is 7.33. The molecule has 6 aromatic rings. The molecular weight excluding hydrogens is 707 g/mol. The molecule has 8 rings (SSSR count). The molecule has 7 heteroatoms. The topological polar surface area (TPSA) is 84.9 Å². The molecule has 3 aromatic carbocycles. The molecule has 6 nitrogen and oxygen atoms in total. The number of hydrogen-bond acceptors (Lipinski definition) is 6. The van der Waals surface area contributed by atoms with Crippen LogP contribution < -0.4 is 21.6 Å². The van der Waals surface area contributed by atoms with Crippen molar-refractivity contribution in [1.29, 1.82) is 5.41 Å². The van der Waals surface area contributed by atoms with Crippen LogP contribution in [0.4, 0.5) is 0 Å². The van der Waals surface area contributed by atoms with E-state index in [2.05, 4.69) is 125 Å². The van der Waals surface area contributed by atoms with Crippen LogP contribution in [0.5, 0.6) is 0 Å². The Morgan fingerprint density at radius 1 is 0.833 bits per heavy atom. The fraction of sp³-hybridized carbons (Fsp3) is 0.122. The first-order valence-corrected chi connectivity index (χ1v) is 17.9. The standard InChI is InChI=1S/C41H32IN4O2/c1-27-18-37-35-13-12-28(29-19-31(25-44-23-29)40-46-15-17-47-40)21-38(35)41(32-8-4-2-5-9-32,33-10-6-3-7-11-33)39(37)22-36(27)30-20-34(26-45-24-30)42-48-16-14-43/h2-15,17-27,36,43H,16H2,1H3/q-1. The molecule has 0 saturated heterocycles. The van der Waals surface area contributed by atoms with Gasteiger partial charge in [-0.15, -0.1) is 0 Å². The van der Waals surface area contributed by atoms with Crippen molar-refractivity contribution in [2.45, 2.75) is 18.3 Å². The Kier molecular flexibility index (Phi) is 8.16. The van der Waals surface area contributed by atoms with Gasteiger partial charge in [0.05, 0.1) is 11.8 Å². The van der Waals surface area contributed by atoms with E-state index in [1.165, 1.54) is 45.2 Å². The quantitative estimate of drug-likeness (QED) is 0.116. The van der Waals surface area contributed by atoms with E-state index in [1.54, 1.807) is 18.7 Å². The molecule has 1 N–H and O–H groups in total. The minimum atomic E-state index is -0.682. The second-order valence-corrected chi connectivity index (χ2v) is 14.4.